The Balaban J connectivity index is 1.64. The van der Waals surface area contributed by atoms with Crippen molar-refractivity contribution in [3.05, 3.63) is 36.2 Å². The van der Waals surface area contributed by atoms with Crippen LogP contribution < -0.4 is 14.8 Å². The number of H-pyrrole nitrogens is 1. The number of nitrogens with one attached hydrogen (secondary N) is 2. The van der Waals surface area contributed by atoms with E-state index in [0.717, 1.165) is 22.2 Å². The second-order valence-corrected chi connectivity index (χ2v) is 8.79. The minimum Gasteiger partial charge on any atom is -0.491 e. The number of pyridine rings is 2. The number of aromatic amines is 1. The van der Waals surface area contributed by atoms with E-state index in [1.54, 1.807) is 12.3 Å². The summed E-state index contributed by atoms with van der Waals surface area (Å²) >= 11 is 0. The summed E-state index contributed by atoms with van der Waals surface area (Å²) in [4.78, 5) is 35.4. The summed E-state index contributed by atoms with van der Waals surface area (Å²) in [6.45, 7) is 2.73. The van der Waals surface area contributed by atoms with Crippen molar-refractivity contribution in [1.82, 2.24) is 24.8 Å². The number of carbonyl (C=O) groups is 2. The van der Waals surface area contributed by atoms with E-state index < -0.39 is 23.7 Å². The highest BCUT2D eigenvalue weighted by Gasteiger charge is 2.44. The molecule has 4 aromatic heterocycles. The molecule has 0 aliphatic heterocycles. The highest BCUT2D eigenvalue weighted by Crippen LogP contribution is 2.36. The first kappa shape index (κ1) is 25.9. The van der Waals surface area contributed by atoms with Crippen LogP contribution >= 0.6 is 0 Å². The second kappa shape index (κ2) is 9.39. The van der Waals surface area contributed by atoms with Gasteiger partial charge in [-0.3, -0.25) is 5.32 Å². The molecule has 0 bridgehead atoms. The average Bonchev–Trinajstić information content (AvgIpc) is 3.42. The fourth-order valence-electron chi connectivity index (χ4n) is 3.79. The van der Waals surface area contributed by atoms with Crippen molar-refractivity contribution >= 4 is 34.0 Å². The number of fused-ring (bicyclic) bond motifs is 2. The Hall–Kier alpha value is -4.13. The van der Waals surface area contributed by atoms with Crippen LogP contribution in [0.2, 0.25) is 0 Å². The zero-order chi connectivity index (χ0) is 27.1. The number of hydrogen-bond acceptors (Lipinski definition) is 8. The van der Waals surface area contributed by atoms with Crippen LogP contribution in [0.4, 0.5) is 13.2 Å². The van der Waals surface area contributed by atoms with Crippen molar-refractivity contribution in [2.45, 2.75) is 32.1 Å². The predicted molar refractivity (Wildman–Crippen MR) is 127 cm³/mol. The van der Waals surface area contributed by atoms with Crippen LogP contribution in [0, 0.1) is 0 Å². The Morgan fingerprint density at radius 2 is 1.86 bits per heavy atom. The molecule has 0 saturated carbocycles. The van der Waals surface area contributed by atoms with Gasteiger partial charge in [-0.25, -0.2) is 19.6 Å². The zero-order valence-electron chi connectivity index (χ0n) is 20.6. The Bertz CT molecular complexity index is 1510. The van der Waals surface area contributed by atoms with Gasteiger partial charge in [-0.15, -0.1) is 0 Å². The van der Waals surface area contributed by atoms with Gasteiger partial charge >= 0.3 is 18.1 Å². The lowest BCUT2D eigenvalue weighted by molar-refractivity contribution is -0.203. The number of aryl methyl sites for hydroxylation is 1. The number of hydrogen-bond donors (Lipinski definition) is 2. The summed E-state index contributed by atoms with van der Waals surface area (Å²) in [5.74, 6) is -3.08. The third kappa shape index (κ3) is 4.94. The van der Waals surface area contributed by atoms with Crippen LogP contribution in [0.3, 0.4) is 0 Å². The smallest absolute Gasteiger partial charge is 0.491 e. The van der Waals surface area contributed by atoms with Gasteiger partial charge in [-0.05, 0) is 31.5 Å². The highest BCUT2D eigenvalue weighted by atomic mass is 19.4. The van der Waals surface area contributed by atoms with E-state index in [2.05, 4.69) is 25.0 Å². The quantitative estimate of drug-likeness (QED) is 0.281. The van der Waals surface area contributed by atoms with Crippen LogP contribution in [0.1, 0.15) is 19.4 Å². The molecule has 0 unspecified atom stereocenters. The number of rotatable bonds is 7. The van der Waals surface area contributed by atoms with Gasteiger partial charge in [0.1, 0.15) is 16.7 Å². The van der Waals surface area contributed by atoms with Gasteiger partial charge in [0.2, 0.25) is 0 Å². The molecular formula is C24H24F3N5O5. The van der Waals surface area contributed by atoms with Crippen LogP contribution in [-0.4, -0.2) is 57.4 Å². The standard InChI is InChI=1S/C24H24F3N5O5/c1-23(2,21(33)37-22(34)24(25,26)27)29-10-12-6-7-28-19-13(12)8-15(30-19)14-11-32(3)16-9-17(35-4)20(36-5)31-18(14)16/h6-9,11,29H,10H2,1-5H3,(H,28,30). The maximum Gasteiger partial charge on any atom is 0.491 e. The molecule has 4 heterocycles. The molecule has 196 valence electrons. The molecule has 4 aromatic rings. The molecule has 2 N–H and O–H groups in total. The number of halogens is 3. The summed E-state index contributed by atoms with van der Waals surface area (Å²) in [5.41, 5.74) is 2.67. The molecule has 4 rings (SSSR count). The van der Waals surface area contributed by atoms with Gasteiger partial charge in [0.15, 0.2) is 5.75 Å². The number of aromatic nitrogens is 4. The summed E-state index contributed by atoms with van der Waals surface area (Å²) in [5, 5.41) is 3.57. The molecule has 0 amide bonds. The largest absolute Gasteiger partial charge is 0.491 e. The second-order valence-electron chi connectivity index (χ2n) is 8.79. The Kier molecular flexibility index (Phi) is 6.59. The number of carbonyl (C=O) groups excluding carboxylic acids is 2. The van der Waals surface area contributed by atoms with E-state index in [9.17, 15) is 22.8 Å². The SMILES string of the molecule is COc1cc2c(nc1OC)c(-c1cc3c(CNC(C)(C)C(=O)OC(=O)C(F)(F)F)ccnc3[nH]1)cn2C. The monoisotopic (exact) mass is 519 g/mol. The van der Waals surface area contributed by atoms with E-state index >= 15 is 0 Å². The van der Waals surface area contributed by atoms with E-state index in [4.69, 9.17) is 9.47 Å². The number of nitrogens with zero attached hydrogens (tertiary/aromatic N) is 3. The van der Waals surface area contributed by atoms with Gasteiger partial charge < -0.3 is 23.8 Å². The van der Waals surface area contributed by atoms with Crippen molar-refractivity contribution in [3.8, 4) is 22.9 Å². The molecule has 37 heavy (non-hydrogen) atoms. The van der Waals surface area contributed by atoms with E-state index in [0.29, 0.717) is 28.4 Å². The first-order chi connectivity index (χ1) is 17.4. The van der Waals surface area contributed by atoms with Crippen molar-refractivity contribution in [2.75, 3.05) is 14.2 Å². The first-order valence-electron chi connectivity index (χ1n) is 11.0. The molecule has 0 spiro atoms. The van der Waals surface area contributed by atoms with E-state index in [1.807, 2.05) is 29.9 Å². The van der Waals surface area contributed by atoms with Gasteiger partial charge in [0.25, 0.3) is 5.88 Å². The van der Waals surface area contributed by atoms with Gasteiger partial charge in [0.05, 0.1) is 25.4 Å². The number of esters is 2. The minimum atomic E-state index is -5.27. The number of ether oxygens (including phenoxy) is 3. The van der Waals surface area contributed by atoms with Crippen LogP contribution in [0.15, 0.2) is 30.6 Å². The predicted octanol–water partition coefficient (Wildman–Crippen LogP) is 3.63. The third-order valence-electron chi connectivity index (χ3n) is 5.87. The molecular weight excluding hydrogens is 495 g/mol. The third-order valence-corrected chi connectivity index (χ3v) is 5.87. The molecule has 0 aliphatic carbocycles. The molecule has 0 fully saturated rings. The molecule has 0 aliphatic rings. The van der Waals surface area contributed by atoms with Crippen LogP contribution in [-0.2, 0) is 27.9 Å². The lowest BCUT2D eigenvalue weighted by atomic mass is 10.0. The lowest BCUT2D eigenvalue weighted by Crippen LogP contribution is -2.49. The maximum absolute atomic E-state index is 12.5. The Morgan fingerprint density at radius 1 is 1.14 bits per heavy atom. The lowest BCUT2D eigenvalue weighted by Gasteiger charge is -2.24. The first-order valence-corrected chi connectivity index (χ1v) is 11.0. The Morgan fingerprint density at radius 3 is 2.51 bits per heavy atom. The van der Waals surface area contributed by atoms with Gasteiger partial charge in [-0.1, -0.05) is 0 Å². The van der Waals surface area contributed by atoms with Crippen LogP contribution in [0.5, 0.6) is 11.6 Å². The number of alkyl halides is 3. The van der Waals surface area contributed by atoms with E-state index in [1.165, 1.54) is 28.1 Å². The average molecular weight is 519 g/mol. The molecule has 0 radical (unpaired) electrons. The summed E-state index contributed by atoms with van der Waals surface area (Å²) in [6.07, 6.45) is -1.81. The van der Waals surface area contributed by atoms with Crippen molar-refractivity contribution in [1.29, 1.82) is 0 Å². The maximum atomic E-state index is 12.5. The topological polar surface area (TPSA) is 120 Å². The summed E-state index contributed by atoms with van der Waals surface area (Å²) in [7, 11) is 4.91. The Labute approximate surface area is 208 Å². The fourth-order valence-corrected chi connectivity index (χ4v) is 3.79. The molecule has 0 saturated heterocycles. The van der Waals surface area contributed by atoms with E-state index in [-0.39, 0.29) is 6.54 Å². The zero-order valence-corrected chi connectivity index (χ0v) is 20.6. The summed E-state index contributed by atoms with van der Waals surface area (Å²) in [6, 6.07) is 5.40. The molecule has 0 atom stereocenters. The van der Waals surface area contributed by atoms with Crippen molar-refractivity contribution in [3.63, 3.8) is 0 Å². The minimum absolute atomic E-state index is 0.0808. The van der Waals surface area contributed by atoms with Crippen LogP contribution in [0.25, 0.3) is 33.3 Å². The molecule has 13 heteroatoms. The highest BCUT2D eigenvalue weighted by molar-refractivity contribution is 5.97. The summed E-state index contributed by atoms with van der Waals surface area (Å²) < 4.78 is 54.0. The van der Waals surface area contributed by atoms with Gasteiger partial charge in [0, 0.05) is 43.0 Å². The fraction of sp³-hybridized carbons (Fsp3) is 0.333. The van der Waals surface area contributed by atoms with Gasteiger partial charge in [-0.2, -0.15) is 13.2 Å². The van der Waals surface area contributed by atoms with Crippen molar-refractivity contribution in [2.24, 2.45) is 7.05 Å². The molecule has 0 aromatic carbocycles. The van der Waals surface area contributed by atoms with Crippen molar-refractivity contribution < 1.29 is 37.0 Å². The number of methoxy groups -OCH3 is 2. The normalized spacial score (nSPS) is 12.2. The molecule has 10 nitrogen and oxygen atoms in total.